The minimum atomic E-state index is -0.241. The summed E-state index contributed by atoms with van der Waals surface area (Å²) in [6.45, 7) is 0. The maximum absolute atomic E-state index is 12.3. The Morgan fingerprint density at radius 2 is 2.19 bits per heavy atom. The van der Waals surface area contributed by atoms with Gasteiger partial charge in [-0.1, -0.05) is 22.0 Å². The number of carbonyl (C=O) groups is 1. The number of fused-ring (bicyclic) bond motifs is 1. The fraction of sp³-hybridized carbons (Fsp3) is 0.0714. The fourth-order valence-corrected chi connectivity index (χ4v) is 3.24. The molecule has 7 heteroatoms. The van der Waals surface area contributed by atoms with E-state index in [2.05, 4.69) is 53.9 Å². The average molecular weight is 457 g/mol. The maximum atomic E-state index is 12.3. The second-order valence-corrected chi connectivity index (χ2v) is 6.46. The molecule has 21 heavy (non-hydrogen) atoms. The van der Waals surface area contributed by atoms with Crippen LogP contribution in [0.25, 0.3) is 10.9 Å². The number of rotatable bonds is 2. The number of carbonyl (C=O) groups excluding carboxylic acids is 1. The van der Waals surface area contributed by atoms with Gasteiger partial charge in [0.05, 0.1) is 14.8 Å². The number of hydrogen-bond donors (Lipinski definition) is 1. The SMILES string of the molecule is Cn1cc(I)c(C(=O)Nc2ccc(Br)c3cccnc23)n1. The van der Waals surface area contributed by atoms with Crippen molar-refractivity contribution in [3.63, 3.8) is 0 Å². The maximum Gasteiger partial charge on any atom is 0.277 e. The summed E-state index contributed by atoms with van der Waals surface area (Å²) >= 11 is 5.58. The number of pyridine rings is 1. The molecule has 0 aliphatic carbocycles. The number of hydrogen-bond acceptors (Lipinski definition) is 3. The van der Waals surface area contributed by atoms with E-state index >= 15 is 0 Å². The van der Waals surface area contributed by atoms with Gasteiger partial charge in [0.15, 0.2) is 5.69 Å². The minimum absolute atomic E-state index is 0.241. The first kappa shape index (κ1) is 14.5. The van der Waals surface area contributed by atoms with Crippen LogP contribution in [0, 0.1) is 3.57 Å². The second-order valence-electron chi connectivity index (χ2n) is 4.45. The first-order valence-corrected chi connectivity index (χ1v) is 7.97. The zero-order valence-electron chi connectivity index (χ0n) is 11.0. The molecule has 0 aliphatic heterocycles. The first-order valence-electron chi connectivity index (χ1n) is 6.10. The van der Waals surface area contributed by atoms with Gasteiger partial charge in [0.1, 0.15) is 0 Å². The molecule has 5 nitrogen and oxygen atoms in total. The third-order valence-corrected chi connectivity index (χ3v) is 4.44. The standard InChI is InChI=1S/C14H10BrIN4O/c1-20-7-10(16)13(19-20)14(21)18-11-5-4-9(15)8-3-2-6-17-12(8)11/h2-7H,1H3,(H,18,21). The van der Waals surface area contributed by atoms with Crippen LogP contribution in [-0.2, 0) is 7.05 Å². The van der Waals surface area contributed by atoms with E-state index in [1.54, 1.807) is 24.1 Å². The highest BCUT2D eigenvalue weighted by molar-refractivity contribution is 14.1. The molecule has 0 saturated heterocycles. The van der Waals surface area contributed by atoms with Crippen molar-refractivity contribution in [2.45, 2.75) is 0 Å². The number of halogens is 2. The number of nitrogens with zero attached hydrogens (tertiary/aromatic N) is 3. The van der Waals surface area contributed by atoms with Crippen molar-refractivity contribution < 1.29 is 4.79 Å². The van der Waals surface area contributed by atoms with Crippen LogP contribution in [0.5, 0.6) is 0 Å². The van der Waals surface area contributed by atoms with E-state index in [0.717, 1.165) is 18.9 Å². The zero-order valence-corrected chi connectivity index (χ0v) is 14.7. The topological polar surface area (TPSA) is 59.8 Å². The lowest BCUT2D eigenvalue weighted by Gasteiger charge is -2.08. The molecule has 1 N–H and O–H groups in total. The van der Waals surface area contributed by atoms with E-state index in [9.17, 15) is 4.79 Å². The molecular formula is C14H10BrIN4O. The van der Waals surface area contributed by atoms with E-state index in [0.29, 0.717) is 11.4 Å². The van der Waals surface area contributed by atoms with E-state index < -0.39 is 0 Å². The Kier molecular flexibility index (Phi) is 3.94. The minimum Gasteiger partial charge on any atom is -0.319 e. The quantitative estimate of drug-likeness (QED) is 0.599. The predicted octanol–water partition coefficient (Wildman–Crippen LogP) is 3.59. The summed E-state index contributed by atoms with van der Waals surface area (Å²) < 4.78 is 3.37. The molecule has 3 aromatic rings. The Labute approximate surface area is 143 Å². The molecule has 3 rings (SSSR count). The Balaban J connectivity index is 2.01. The molecule has 0 radical (unpaired) electrons. The lowest BCUT2D eigenvalue weighted by Crippen LogP contribution is -2.14. The Morgan fingerprint density at radius 1 is 1.38 bits per heavy atom. The van der Waals surface area contributed by atoms with E-state index in [-0.39, 0.29) is 5.91 Å². The van der Waals surface area contributed by atoms with Crippen LogP contribution in [0.3, 0.4) is 0 Å². The van der Waals surface area contributed by atoms with E-state index in [1.807, 2.05) is 24.3 Å². The van der Waals surface area contributed by atoms with Gasteiger partial charge in [-0.2, -0.15) is 5.10 Å². The number of nitrogens with one attached hydrogen (secondary N) is 1. The molecule has 0 atom stereocenters. The largest absolute Gasteiger partial charge is 0.319 e. The highest BCUT2D eigenvalue weighted by Gasteiger charge is 2.16. The van der Waals surface area contributed by atoms with E-state index in [1.165, 1.54) is 0 Å². The molecule has 0 bridgehead atoms. The highest BCUT2D eigenvalue weighted by atomic mass is 127. The summed E-state index contributed by atoms with van der Waals surface area (Å²) in [7, 11) is 1.79. The van der Waals surface area contributed by atoms with Crippen molar-refractivity contribution in [2.75, 3.05) is 5.32 Å². The van der Waals surface area contributed by atoms with Crippen LogP contribution < -0.4 is 5.32 Å². The lowest BCUT2D eigenvalue weighted by molar-refractivity contribution is 0.102. The van der Waals surface area contributed by atoms with Crippen LogP contribution in [0.1, 0.15) is 10.5 Å². The van der Waals surface area contributed by atoms with Crippen molar-refractivity contribution in [2.24, 2.45) is 7.05 Å². The molecular weight excluding hydrogens is 447 g/mol. The molecule has 1 aromatic carbocycles. The third kappa shape index (κ3) is 2.80. The summed E-state index contributed by atoms with van der Waals surface area (Å²) in [6, 6.07) is 7.53. The smallest absolute Gasteiger partial charge is 0.277 e. The molecule has 1 amide bonds. The summed E-state index contributed by atoms with van der Waals surface area (Å²) in [6.07, 6.45) is 3.50. The number of anilines is 1. The van der Waals surface area contributed by atoms with Crippen LogP contribution >= 0.6 is 38.5 Å². The molecule has 0 unspecified atom stereocenters. The molecule has 106 valence electrons. The van der Waals surface area contributed by atoms with Crippen molar-refractivity contribution in [1.82, 2.24) is 14.8 Å². The number of amides is 1. The highest BCUT2D eigenvalue weighted by Crippen LogP contribution is 2.28. The van der Waals surface area contributed by atoms with Gasteiger partial charge >= 0.3 is 0 Å². The normalized spacial score (nSPS) is 10.8. The monoisotopic (exact) mass is 456 g/mol. The van der Waals surface area contributed by atoms with E-state index in [4.69, 9.17) is 0 Å². The molecule has 0 fully saturated rings. The first-order chi connectivity index (χ1) is 10.1. The van der Waals surface area contributed by atoms with Crippen molar-refractivity contribution in [1.29, 1.82) is 0 Å². The summed E-state index contributed by atoms with van der Waals surface area (Å²) in [5, 5.41) is 8.00. The Bertz CT molecular complexity index is 846. The van der Waals surface area contributed by atoms with Crippen molar-refractivity contribution >= 4 is 61.0 Å². The van der Waals surface area contributed by atoms with Crippen molar-refractivity contribution in [3.05, 3.63) is 50.4 Å². The molecule has 2 aromatic heterocycles. The van der Waals surface area contributed by atoms with Gasteiger partial charge in [-0.3, -0.25) is 14.5 Å². The molecule has 0 spiro atoms. The van der Waals surface area contributed by atoms with Gasteiger partial charge < -0.3 is 5.32 Å². The number of aromatic nitrogens is 3. The summed E-state index contributed by atoms with van der Waals surface area (Å²) in [5.74, 6) is -0.241. The predicted molar refractivity (Wildman–Crippen MR) is 93.3 cm³/mol. The number of aryl methyl sites for hydroxylation is 1. The second kappa shape index (κ2) is 5.72. The lowest BCUT2D eigenvalue weighted by atomic mass is 10.2. The van der Waals surface area contributed by atoms with Crippen LogP contribution in [0.4, 0.5) is 5.69 Å². The average Bonchev–Trinajstić information content (AvgIpc) is 2.81. The summed E-state index contributed by atoms with van der Waals surface area (Å²) in [4.78, 5) is 16.7. The molecule has 2 heterocycles. The Morgan fingerprint density at radius 3 is 2.90 bits per heavy atom. The van der Waals surface area contributed by atoms with Crippen LogP contribution in [0.15, 0.2) is 41.1 Å². The van der Waals surface area contributed by atoms with Gasteiger partial charge in [0.25, 0.3) is 5.91 Å². The van der Waals surface area contributed by atoms with Crippen molar-refractivity contribution in [3.8, 4) is 0 Å². The van der Waals surface area contributed by atoms with Crippen LogP contribution in [0.2, 0.25) is 0 Å². The van der Waals surface area contributed by atoms with Gasteiger partial charge in [-0.25, -0.2) is 0 Å². The van der Waals surface area contributed by atoms with Gasteiger partial charge in [0, 0.05) is 29.3 Å². The zero-order chi connectivity index (χ0) is 15.0. The van der Waals surface area contributed by atoms with Gasteiger partial charge in [-0.05, 0) is 40.8 Å². The fourth-order valence-electron chi connectivity index (χ4n) is 2.03. The Hall–Kier alpha value is -1.48. The van der Waals surface area contributed by atoms with Gasteiger partial charge in [0.2, 0.25) is 0 Å². The molecule has 0 aliphatic rings. The number of benzene rings is 1. The van der Waals surface area contributed by atoms with Crippen LogP contribution in [-0.4, -0.2) is 20.7 Å². The summed E-state index contributed by atoms with van der Waals surface area (Å²) in [5.41, 5.74) is 1.82. The molecule has 0 saturated carbocycles. The van der Waals surface area contributed by atoms with Gasteiger partial charge in [-0.15, -0.1) is 0 Å². The third-order valence-electron chi connectivity index (χ3n) is 2.96.